The Kier molecular flexibility index (Phi) is 6.07. The highest BCUT2D eigenvalue weighted by Crippen LogP contribution is 2.46. The second-order valence-corrected chi connectivity index (χ2v) is 8.40. The number of anilines is 1. The van der Waals surface area contributed by atoms with Crippen molar-refractivity contribution in [3.05, 3.63) is 78.9 Å². The SMILES string of the molecule is CCOc1cccc(Oc2c(-c3cccc(O)c3)ccc3ccccc23)c1N1CCCCC1. The van der Waals surface area contributed by atoms with E-state index in [1.165, 1.54) is 19.3 Å². The van der Waals surface area contributed by atoms with Crippen molar-refractivity contribution in [1.29, 1.82) is 0 Å². The fourth-order valence-corrected chi connectivity index (χ4v) is 4.65. The zero-order valence-electron chi connectivity index (χ0n) is 19.0. The minimum Gasteiger partial charge on any atom is -0.508 e. The summed E-state index contributed by atoms with van der Waals surface area (Å²) in [6.07, 6.45) is 3.60. The van der Waals surface area contributed by atoms with Crippen molar-refractivity contribution in [3.63, 3.8) is 0 Å². The van der Waals surface area contributed by atoms with Crippen LogP contribution in [0.3, 0.4) is 0 Å². The molecule has 0 spiro atoms. The van der Waals surface area contributed by atoms with Gasteiger partial charge in [0.1, 0.15) is 22.9 Å². The number of fused-ring (bicyclic) bond motifs is 1. The number of rotatable bonds is 6. The first kappa shape index (κ1) is 21.2. The van der Waals surface area contributed by atoms with Crippen molar-refractivity contribution in [1.82, 2.24) is 0 Å². The molecule has 5 rings (SSSR count). The first-order valence-electron chi connectivity index (χ1n) is 11.7. The summed E-state index contributed by atoms with van der Waals surface area (Å²) in [7, 11) is 0. The second-order valence-electron chi connectivity index (χ2n) is 8.40. The molecule has 1 saturated heterocycles. The maximum atomic E-state index is 10.1. The number of nitrogens with zero attached hydrogens (tertiary/aromatic N) is 1. The maximum Gasteiger partial charge on any atom is 0.154 e. The molecule has 168 valence electrons. The number of hydrogen-bond acceptors (Lipinski definition) is 4. The van der Waals surface area contributed by atoms with Crippen LogP contribution in [0, 0.1) is 0 Å². The quantitative estimate of drug-likeness (QED) is 0.340. The number of ether oxygens (including phenoxy) is 2. The second kappa shape index (κ2) is 9.45. The lowest BCUT2D eigenvalue weighted by Crippen LogP contribution is -2.30. The molecule has 0 aliphatic carbocycles. The smallest absolute Gasteiger partial charge is 0.154 e. The summed E-state index contributed by atoms with van der Waals surface area (Å²) < 4.78 is 12.8. The number of phenols is 1. The highest BCUT2D eigenvalue weighted by atomic mass is 16.5. The molecule has 0 amide bonds. The molecule has 0 saturated carbocycles. The highest BCUT2D eigenvalue weighted by Gasteiger charge is 2.22. The average molecular weight is 440 g/mol. The van der Waals surface area contributed by atoms with E-state index < -0.39 is 0 Å². The molecule has 0 unspecified atom stereocenters. The molecule has 4 nitrogen and oxygen atoms in total. The van der Waals surface area contributed by atoms with E-state index in [1.54, 1.807) is 12.1 Å². The van der Waals surface area contributed by atoms with E-state index in [1.807, 2.05) is 49.4 Å². The van der Waals surface area contributed by atoms with E-state index in [0.29, 0.717) is 6.61 Å². The average Bonchev–Trinajstić information content (AvgIpc) is 2.85. The molecule has 0 atom stereocenters. The van der Waals surface area contributed by atoms with Crippen LogP contribution in [0.2, 0.25) is 0 Å². The number of hydrogen-bond donors (Lipinski definition) is 1. The van der Waals surface area contributed by atoms with Crippen molar-refractivity contribution in [2.24, 2.45) is 0 Å². The van der Waals surface area contributed by atoms with Gasteiger partial charge in [-0.2, -0.15) is 0 Å². The van der Waals surface area contributed by atoms with Gasteiger partial charge in [0.25, 0.3) is 0 Å². The summed E-state index contributed by atoms with van der Waals surface area (Å²) in [5.74, 6) is 2.67. The first-order valence-corrected chi connectivity index (χ1v) is 11.7. The van der Waals surface area contributed by atoms with Gasteiger partial charge in [0.2, 0.25) is 0 Å². The first-order chi connectivity index (χ1) is 16.2. The number of para-hydroxylation sites is 1. The van der Waals surface area contributed by atoms with Crippen LogP contribution >= 0.6 is 0 Å². The van der Waals surface area contributed by atoms with Gasteiger partial charge in [0.05, 0.1) is 6.61 Å². The number of phenolic OH excluding ortho intramolecular Hbond substituents is 1. The summed E-state index contributed by atoms with van der Waals surface area (Å²) in [5, 5.41) is 12.3. The Morgan fingerprint density at radius 2 is 1.61 bits per heavy atom. The van der Waals surface area contributed by atoms with Gasteiger partial charge < -0.3 is 19.5 Å². The number of aromatic hydroxyl groups is 1. The van der Waals surface area contributed by atoms with Crippen molar-refractivity contribution in [3.8, 4) is 34.1 Å². The predicted molar refractivity (Wildman–Crippen MR) is 135 cm³/mol. The van der Waals surface area contributed by atoms with Crippen LogP contribution in [0.25, 0.3) is 21.9 Å². The summed E-state index contributed by atoms with van der Waals surface area (Å²) in [6.45, 7) is 4.61. The minimum atomic E-state index is 0.235. The number of piperidine rings is 1. The molecule has 1 heterocycles. The Balaban J connectivity index is 1.68. The lowest BCUT2D eigenvalue weighted by Gasteiger charge is -2.32. The molecular weight excluding hydrogens is 410 g/mol. The van der Waals surface area contributed by atoms with Crippen LogP contribution in [0.1, 0.15) is 26.2 Å². The van der Waals surface area contributed by atoms with E-state index in [2.05, 4.69) is 29.2 Å². The van der Waals surface area contributed by atoms with Crippen molar-refractivity contribution >= 4 is 16.5 Å². The van der Waals surface area contributed by atoms with Crippen LogP contribution in [0.15, 0.2) is 78.9 Å². The monoisotopic (exact) mass is 439 g/mol. The van der Waals surface area contributed by atoms with E-state index in [9.17, 15) is 5.11 Å². The third kappa shape index (κ3) is 4.34. The third-order valence-electron chi connectivity index (χ3n) is 6.18. The van der Waals surface area contributed by atoms with Crippen molar-refractivity contribution in [2.75, 3.05) is 24.6 Å². The molecule has 0 bridgehead atoms. The standard InChI is InChI=1S/C29H29NO3/c1-2-32-26-14-9-15-27(28(26)30-18-6-3-7-19-30)33-29-24-13-5-4-10-21(24)16-17-25(29)22-11-8-12-23(31)20-22/h4-5,8-17,20,31H,2-3,6-7,18-19H2,1H3. The van der Waals surface area contributed by atoms with Gasteiger partial charge in [-0.25, -0.2) is 0 Å². The topological polar surface area (TPSA) is 41.9 Å². The van der Waals surface area contributed by atoms with Crippen LogP contribution < -0.4 is 14.4 Å². The summed E-state index contributed by atoms with van der Waals surface area (Å²) in [5.41, 5.74) is 2.88. The molecule has 0 radical (unpaired) electrons. The normalized spacial score (nSPS) is 13.8. The molecule has 1 aliphatic heterocycles. The zero-order chi connectivity index (χ0) is 22.6. The highest BCUT2D eigenvalue weighted by molar-refractivity contribution is 5.95. The van der Waals surface area contributed by atoms with Gasteiger partial charge in [-0.15, -0.1) is 0 Å². The molecule has 1 N–H and O–H groups in total. The molecule has 4 heteroatoms. The van der Waals surface area contributed by atoms with E-state index in [4.69, 9.17) is 9.47 Å². The van der Waals surface area contributed by atoms with E-state index >= 15 is 0 Å². The predicted octanol–water partition coefficient (Wildman–Crippen LogP) is 7.39. The van der Waals surface area contributed by atoms with Crippen molar-refractivity contribution < 1.29 is 14.6 Å². The van der Waals surface area contributed by atoms with Crippen LogP contribution in [-0.4, -0.2) is 24.8 Å². The maximum absolute atomic E-state index is 10.1. The van der Waals surface area contributed by atoms with Gasteiger partial charge in [-0.05, 0) is 67.5 Å². The van der Waals surface area contributed by atoms with E-state index in [-0.39, 0.29) is 5.75 Å². The largest absolute Gasteiger partial charge is 0.508 e. The molecule has 33 heavy (non-hydrogen) atoms. The summed E-state index contributed by atoms with van der Waals surface area (Å²) >= 11 is 0. The molecule has 1 aliphatic rings. The van der Waals surface area contributed by atoms with Crippen LogP contribution in [0.5, 0.6) is 23.0 Å². The lowest BCUT2D eigenvalue weighted by atomic mass is 9.99. The lowest BCUT2D eigenvalue weighted by molar-refractivity contribution is 0.337. The molecule has 4 aromatic rings. The van der Waals surface area contributed by atoms with Crippen molar-refractivity contribution in [2.45, 2.75) is 26.2 Å². The summed E-state index contributed by atoms with van der Waals surface area (Å²) in [4.78, 5) is 2.39. The van der Waals surface area contributed by atoms with Gasteiger partial charge in [0, 0.05) is 24.0 Å². The third-order valence-corrected chi connectivity index (χ3v) is 6.18. The zero-order valence-corrected chi connectivity index (χ0v) is 19.0. The minimum absolute atomic E-state index is 0.235. The Morgan fingerprint density at radius 3 is 2.42 bits per heavy atom. The molecule has 0 aromatic heterocycles. The van der Waals surface area contributed by atoms with E-state index in [0.717, 1.165) is 57.9 Å². The Morgan fingerprint density at radius 1 is 0.818 bits per heavy atom. The van der Waals surface area contributed by atoms with Crippen LogP contribution in [-0.2, 0) is 0 Å². The fourth-order valence-electron chi connectivity index (χ4n) is 4.65. The molecular formula is C29H29NO3. The van der Waals surface area contributed by atoms with Gasteiger partial charge in [-0.3, -0.25) is 0 Å². The Labute approximate surface area is 195 Å². The van der Waals surface area contributed by atoms with Crippen LogP contribution in [0.4, 0.5) is 5.69 Å². The van der Waals surface area contributed by atoms with Gasteiger partial charge in [0.15, 0.2) is 5.75 Å². The summed E-state index contributed by atoms with van der Waals surface area (Å²) in [6, 6.07) is 25.8. The Bertz CT molecular complexity index is 1260. The fraction of sp³-hybridized carbons (Fsp3) is 0.241. The van der Waals surface area contributed by atoms with Gasteiger partial charge >= 0.3 is 0 Å². The number of benzene rings is 4. The Hall–Kier alpha value is -3.66. The molecule has 1 fully saturated rings. The van der Waals surface area contributed by atoms with Gasteiger partial charge in [-0.1, -0.05) is 48.5 Å². The molecule has 4 aromatic carbocycles.